The maximum absolute atomic E-state index is 12.9. The summed E-state index contributed by atoms with van der Waals surface area (Å²) in [4.78, 5) is 27.6. The predicted molar refractivity (Wildman–Crippen MR) is 132 cm³/mol. The fraction of sp³-hybridized carbons (Fsp3) is 0.231. The fourth-order valence-electron chi connectivity index (χ4n) is 3.94. The first-order valence-electron chi connectivity index (χ1n) is 11.4. The van der Waals surface area contributed by atoms with E-state index < -0.39 is 11.5 Å². The number of anilines is 2. The van der Waals surface area contributed by atoms with Crippen molar-refractivity contribution < 1.29 is 18.7 Å². The van der Waals surface area contributed by atoms with Crippen molar-refractivity contribution in [2.24, 2.45) is 0 Å². The minimum atomic E-state index is -0.733. The summed E-state index contributed by atoms with van der Waals surface area (Å²) < 4.78 is 16.3. The quantitative estimate of drug-likeness (QED) is 0.423. The third-order valence-corrected chi connectivity index (χ3v) is 5.67. The van der Waals surface area contributed by atoms with Gasteiger partial charge in [-0.25, -0.2) is 4.79 Å². The van der Waals surface area contributed by atoms with Crippen LogP contribution in [0.2, 0.25) is 0 Å². The van der Waals surface area contributed by atoms with Gasteiger partial charge in [0.1, 0.15) is 5.56 Å². The third-order valence-electron chi connectivity index (χ3n) is 5.67. The van der Waals surface area contributed by atoms with Crippen LogP contribution in [0.15, 0.2) is 69.9 Å². The highest BCUT2D eigenvalue weighted by molar-refractivity contribution is 6.05. The molecule has 2 aromatic carbocycles. The lowest BCUT2D eigenvalue weighted by Crippen LogP contribution is -2.36. The van der Waals surface area contributed by atoms with E-state index in [0.717, 1.165) is 24.5 Å². The van der Waals surface area contributed by atoms with Crippen LogP contribution in [0, 0.1) is 0 Å². The highest BCUT2D eigenvalue weighted by atomic mass is 16.5. The molecule has 9 nitrogen and oxygen atoms in total. The Morgan fingerprint density at radius 2 is 1.89 bits per heavy atom. The van der Waals surface area contributed by atoms with E-state index in [4.69, 9.17) is 13.9 Å². The lowest BCUT2D eigenvalue weighted by atomic mass is 10.1. The second-order valence-corrected chi connectivity index (χ2v) is 7.97. The highest BCUT2D eigenvalue weighted by Gasteiger charge is 2.17. The zero-order valence-electron chi connectivity index (χ0n) is 19.2. The van der Waals surface area contributed by atoms with Crippen molar-refractivity contribution in [2.45, 2.75) is 6.92 Å². The van der Waals surface area contributed by atoms with E-state index in [1.54, 1.807) is 36.4 Å². The molecule has 0 spiro atoms. The SMILES string of the molecule is CCOc1cccc2cc(C(=O)Nc3cccc(-c4ccc(N5CCOCC5)nn4)c3)c(=O)oc12. The maximum atomic E-state index is 12.9. The lowest BCUT2D eigenvalue weighted by molar-refractivity contribution is 0.102. The molecule has 35 heavy (non-hydrogen) atoms. The Hall–Kier alpha value is -4.24. The summed E-state index contributed by atoms with van der Waals surface area (Å²) in [6.07, 6.45) is 0. The number of benzene rings is 2. The van der Waals surface area contributed by atoms with E-state index in [1.807, 2.05) is 25.1 Å². The van der Waals surface area contributed by atoms with Gasteiger partial charge in [0, 0.05) is 29.7 Å². The number of hydrogen-bond acceptors (Lipinski definition) is 8. The normalized spacial score (nSPS) is 13.6. The first-order valence-corrected chi connectivity index (χ1v) is 11.4. The molecule has 178 valence electrons. The number of para-hydroxylation sites is 1. The van der Waals surface area contributed by atoms with Crippen molar-refractivity contribution >= 4 is 28.4 Å². The molecule has 0 radical (unpaired) electrons. The average Bonchev–Trinajstić information content (AvgIpc) is 2.89. The van der Waals surface area contributed by atoms with Gasteiger partial charge >= 0.3 is 5.63 Å². The smallest absolute Gasteiger partial charge is 0.349 e. The largest absolute Gasteiger partial charge is 0.490 e. The Labute approximate surface area is 201 Å². The molecular weight excluding hydrogens is 448 g/mol. The Bertz CT molecular complexity index is 1410. The number of rotatable bonds is 6. The van der Waals surface area contributed by atoms with Gasteiger partial charge < -0.3 is 24.1 Å². The van der Waals surface area contributed by atoms with Crippen LogP contribution in [-0.4, -0.2) is 49.0 Å². The van der Waals surface area contributed by atoms with E-state index in [1.165, 1.54) is 6.07 Å². The molecule has 1 N–H and O–H groups in total. The number of nitrogens with zero attached hydrogens (tertiary/aromatic N) is 3. The van der Waals surface area contributed by atoms with E-state index in [0.29, 0.717) is 47.9 Å². The molecule has 0 atom stereocenters. The summed E-state index contributed by atoms with van der Waals surface area (Å²) in [5.74, 6) is 0.702. The van der Waals surface area contributed by atoms with Gasteiger partial charge in [-0.05, 0) is 43.3 Å². The first kappa shape index (κ1) is 22.5. The van der Waals surface area contributed by atoms with Crippen LogP contribution < -0.4 is 20.6 Å². The summed E-state index contributed by atoms with van der Waals surface area (Å²) in [5, 5.41) is 12.1. The number of ether oxygens (including phenoxy) is 2. The first-order chi connectivity index (χ1) is 17.1. The van der Waals surface area contributed by atoms with Gasteiger partial charge in [-0.1, -0.05) is 24.3 Å². The molecule has 0 aliphatic carbocycles. The molecule has 2 aromatic heterocycles. The molecule has 0 unspecified atom stereocenters. The summed E-state index contributed by atoms with van der Waals surface area (Å²) in [5.41, 5.74) is 1.47. The Morgan fingerprint density at radius 3 is 2.66 bits per heavy atom. The second-order valence-electron chi connectivity index (χ2n) is 7.97. The highest BCUT2D eigenvalue weighted by Crippen LogP contribution is 2.26. The third kappa shape index (κ3) is 4.85. The maximum Gasteiger partial charge on any atom is 0.349 e. The van der Waals surface area contributed by atoms with Gasteiger partial charge in [0.2, 0.25) is 0 Å². The number of morpholine rings is 1. The molecule has 0 bridgehead atoms. The van der Waals surface area contributed by atoms with Crippen LogP contribution in [0.3, 0.4) is 0 Å². The van der Waals surface area contributed by atoms with Gasteiger partial charge in [-0.15, -0.1) is 10.2 Å². The standard InChI is InChI=1S/C26H24N4O5/c1-2-34-22-8-4-6-18-16-20(26(32)35-24(18)22)25(31)27-19-7-3-5-17(15-19)21-9-10-23(29-28-21)30-11-13-33-14-12-30/h3-10,15-16H,2,11-14H2,1H3,(H,27,31). The molecule has 1 saturated heterocycles. The number of hydrogen-bond donors (Lipinski definition) is 1. The Morgan fingerprint density at radius 1 is 1.06 bits per heavy atom. The van der Waals surface area contributed by atoms with Crippen molar-refractivity contribution in [3.63, 3.8) is 0 Å². The van der Waals surface area contributed by atoms with Gasteiger partial charge in [0.05, 0.1) is 25.5 Å². The molecule has 1 amide bonds. The predicted octanol–water partition coefficient (Wildman–Crippen LogP) is 3.74. The van der Waals surface area contributed by atoms with Gasteiger partial charge in [0.15, 0.2) is 17.2 Å². The van der Waals surface area contributed by atoms with Crippen LogP contribution in [0.25, 0.3) is 22.2 Å². The molecule has 5 rings (SSSR count). The summed E-state index contributed by atoms with van der Waals surface area (Å²) >= 11 is 0. The zero-order valence-corrected chi connectivity index (χ0v) is 19.2. The van der Waals surface area contributed by atoms with Crippen molar-refractivity contribution in [1.29, 1.82) is 0 Å². The van der Waals surface area contributed by atoms with Crippen LogP contribution in [0.1, 0.15) is 17.3 Å². The molecular formula is C26H24N4O5. The van der Waals surface area contributed by atoms with E-state index in [2.05, 4.69) is 20.4 Å². The molecule has 9 heteroatoms. The van der Waals surface area contributed by atoms with Gasteiger partial charge in [-0.3, -0.25) is 4.79 Å². The molecule has 1 aliphatic heterocycles. The summed E-state index contributed by atoms with van der Waals surface area (Å²) in [6.45, 7) is 5.19. The van der Waals surface area contributed by atoms with Crippen molar-refractivity contribution in [3.05, 3.63) is 76.6 Å². The Kier molecular flexibility index (Phi) is 6.40. The summed E-state index contributed by atoms with van der Waals surface area (Å²) in [6, 6.07) is 17.8. The number of carbonyl (C=O) groups is 1. The second kappa shape index (κ2) is 9.94. The van der Waals surface area contributed by atoms with Gasteiger partial charge in [-0.2, -0.15) is 0 Å². The zero-order chi connectivity index (χ0) is 24.2. The Balaban J connectivity index is 1.36. The molecule has 3 heterocycles. The number of carbonyl (C=O) groups excluding carboxylic acids is 1. The van der Waals surface area contributed by atoms with Crippen molar-refractivity contribution in [3.8, 4) is 17.0 Å². The molecule has 4 aromatic rings. The fourth-order valence-corrected chi connectivity index (χ4v) is 3.94. The van der Waals surface area contributed by atoms with Crippen LogP contribution in [0.4, 0.5) is 11.5 Å². The van der Waals surface area contributed by atoms with Crippen molar-refractivity contribution in [2.75, 3.05) is 43.1 Å². The van der Waals surface area contributed by atoms with Gasteiger partial charge in [0.25, 0.3) is 5.91 Å². The topological polar surface area (TPSA) is 107 Å². The minimum absolute atomic E-state index is 0.0915. The minimum Gasteiger partial charge on any atom is -0.490 e. The van der Waals surface area contributed by atoms with E-state index in [-0.39, 0.29) is 5.56 Å². The monoisotopic (exact) mass is 472 g/mol. The summed E-state index contributed by atoms with van der Waals surface area (Å²) in [7, 11) is 0. The number of aromatic nitrogens is 2. The van der Waals surface area contributed by atoms with Crippen LogP contribution in [0.5, 0.6) is 5.75 Å². The molecule has 1 fully saturated rings. The molecule has 1 aliphatic rings. The molecule has 0 saturated carbocycles. The van der Waals surface area contributed by atoms with Crippen LogP contribution in [-0.2, 0) is 4.74 Å². The van der Waals surface area contributed by atoms with Crippen molar-refractivity contribution in [1.82, 2.24) is 10.2 Å². The lowest BCUT2D eigenvalue weighted by Gasteiger charge is -2.27. The number of fused-ring (bicyclic) bond motifs is 1. The van der Waals surface area contributed by atoms with E-state index in [9.17, 15) is 9.59 Å². The number of amides is 1. The van der Waals surface area contributed by atoms with E-state index >= 15 is 0 Å². The van der Waals surface area contributed by atoms with Crippen LogP contribution >= 0.6 is 0 Å². The average molecular weight is 473 g/mol. The number of nitrogens with one attached hydrogen (secondary N) is 1.